The fourth-order valence-corrected chi connectivity index (χ4v) is 8.36. The summed E-state index contributed by atoms with van der Waals surface area (Å²) in [4.78, 5) is 69.6. The molecular formula is C35H32N2O7. The molecule has 4 amide bonds. The summed E-state index contributed by atoms with van der Waals surface area (Å²) in [6.07, 6.45) is 2.44. The Morgan fingerprint density at radius 1 is 0.909 bits per heavy atom. The van der Waals surface area contributed by atoms with Gasteiger partial charge in [-0.05, 0) is 49.6 Å². The average molecular weight is 593 g/mol. The second kappa shape index (κ2) is 10.1. The highest BCUT2D eigenvalue weighted by Gasteiger charge is 2.67. The molecule has 0 bridgehead atoms. The third-order valence-corrected chi connectivity index (χ3v) is 10.4. The Hall–Kier alpha value is -4.79. The summed E-state index contributed by atoms with van der Waals surface area (Å²) in [5.74, 6) is -5.72. The molecule has 2 N–H and O–H groups in total. The Morgan fingerprint density at radius 3 is 2.39 bits per heavy atom. The van der Waals surface area contributed by atoms with Crippen LogP contribution < -0.4 is 4.90 Å². The second-order valence-electron chi connectivity index (χ2n) is 12.5. The molecule has 44 heavy (non-hydrogen) atoms. The topological polar surface area (TPSA) is 132 Å². The van der Waals surface area contributed by atoms with E-state index in [1.54, 1.807) is 31.2 Å². The summed E-state index contributed by atoms with van der Waals surface area (Å²) in [7, 11) is 0. The molecule has 3 aromatic carbocycles. The van der Waals surface area contributed by atoms with Crippen LogP contribution in [0.25, 0.3) is 10.8 Å². The Balaban J connectivity index is 1.37. The number of allylic oxidation sites excluding steroid dienone is 2. The number of carbonyl (C=O) groups excluding carboxylic acids is 4. The van der Waals surface area contributed by atoms with Gasteiger partial charge in [-0.25, -0.2) is 4.90 Å². The molecule has 9 nitrogen and oxygen atoms in total. The molecule has 3 aromatic rings. The molecule has 4 aliphatic rings. The van der Waals surface area contributed by atoms with Gasteiger partial charge in [0, 0.05) is 29.8 Å². The zero-order chi connectivity index (χ0) is 30.9. The smallest absolute Gasteiger partial charge is 0.303 e. The van der Waals surface area contributed by atoms with Crippen LogP contribution in [-0.2, 0) is 24.0 Å². The minimum Gasteiger partial charge on any atom is -0.507 e. The van der Waals surface area contributed by atoms with Crippen LogP contribution in [0.15, 0.2) is 78.4 Å². The molecule has 0 spiro atoms. The highest BCUT2D eigenvalue weighted by atomic mass is 16.4. The quantitative estimate of drug-likeness (QED) is 0.315. The van der Waals surface area contributed by atoms with Gasteiger partial charge < -0.3 is 10.2 Å². The van der Waals surface area contributed by atoms with Crippen LogP contribution in [0.4, 0.5) is 5.69 Å². The van der Waals surface area contributed by atoms with E-state index in [-0.39, 0.29) is 61.6 Å². The van der Waals surface area contributed by atoms with Crippen LogP contribution in [0.1, 0.15) is 44.1 Å². The van der Waals surface area contributed by atoms with Crippen LogP contribution in [0.2, 0.25) is 0 Å². The summed E-state index contributed by atoms with van der Waals surface area (Å²) in [5, 5.41) is 22.2. The Labute approximate surface area is 253 Å². The minimum atomic E-state index is -1.26. The van der Waals surface area contributed by atoms with Gasteiger partial charge in [0.1, 0.15) is 5.75 Å². The van der Waals surface area contributed by atoms with Crippen LogP contribution >= 0.6 is 0 Å². The molecule has 1 saturated carbocycles. The van der Waals surface area contributed by atoms with E-state index in [9.17, 15) is 29.1 Å². The van der Waals surface area contributed by atoms with Crippen LogP contribution in [-0.4, -0.2) is 51.3 Å². The third kappa shape index (κ3) is 3.87. The molecular weight excluding hydrogens is 560 g/mol. The van der Waals surface area contributed by atoms with Gasteiger partial charge in [-0.15, -0.1) is 0 Å². The van der Waals surface area contributed by atoms with Gasteiger partial charge in [0.15, 0.2) is 0 Å². The summed E-state index contributed by atoms with van der Waals surface area (Å²) < 4.78 is 0. The lowest BCUT2D eigenvalue weighted by molar-refractivity contribution is -0.142. The zero-order valence-corrected chi connectivity index (χ0v) is 24.2. The predicted octanol–water partition coefficient (Wildman–Crippen LogP) is 4.64. The molecule has 224 valence electrons. The number of rotatable bonds is 6. The number of amides is 4. The van der Waals surface area contributed by atoms with Crippen molar-refractivity contribution >= 4 is 46.1 Å². The van der Waals surface area contributed by atoms with Crippen molar-refractivity contribution in [3.8, 4) is 5.75 Å². The van der Waals surface area contributed by atoms with Crippen molar-refractivity contribution in [3.05, 3.63) is 83.9 Å². The van der Waals surface area contributed by atoms with Crippen molar-refractivity contribution in [2.24, 2.45) is 29.1 Å². The monoisotopic (exact) mass is 592 g/mol. The van der Waals surface area contributed by atoms with E-state index in [1.807, 2.05) is 48.5 Å². The lowest BCUT2D eigenvalue weighted by atomic mass is 9.51. The van der Waals surface area contributed by atoms with Crippen LogP contribution in [0.3, 0.4) is 0 Å². The average Bonchev–Trinajstić information content (AvgIpc) is 3.37. The van der Waals surface area contributed by atoms with E-state index in [4.69, 9.17) is 5.11 Å². The molecule has 2 saturated heterocycles. The number of carboxylic acid groups (broad SMARTS) is 1. The number of benzene rings is 3. The number of phenols is 1. The van der Waals surface area contributed by atoms with Crippen LogP contribution in [0.5, 0.6) is 5.75 Å². The number of aromatic hydroxyl groups is 1. The van der Waals surface area contributed by atoms with E-state index in [0.717, 1.165) is 11.0 Å². The standard InChI is InChI=1S/C35H32N2O7/c1-35-26(32(42)37(34(35)44)20-9-3-2-4-10-20)18-25-22(29(35)24-14-13-19-8-5-6-11-21(19)30(24)40)15-16-23-28(25)33(43)36(31(23)41)17-7-12-27(38)39/h2-6,8-11,13-15,23,25-26,28-29,40H,7,12,16-18H2,1H3,(H,38,39)/t23-,25+,26-,28-,29+,35+/m0/s1. The molecule has 6 atom stereocenters. The van der Waals surface area contributed by atoms with E-state index in [2.05, 4.69) is 0 Å². The molecule has 0 unspecified atom stereocenters. The number of anilines is 1. The maximum atomic E-state index is 14.5. The van der Waals surface area contributed by atoms with Gasteiger partial charge in [0.05, 0.1) is 28.9 Å². The summed E-state index contributed by atoms with van der Waals surface area (Å²) in [6, 6.07) is 19.9. The van der Waals surface area contributed by atoms with E-state index < -0.39 is 41.0 Å². The number of nitrogens with zero attached hydrogens (tertiary/aromatic N) is 2. The Kier molecular flexibility index (Phi) is 6.46. The number of imide groups is 2. The van der Waals surface area contributed by atoms with Crippen molar-refractivity contribution in [2.75, 3.05) is 11.4 Å². The Morgan fingerprint density at radius 2 is 1.64 bits per heavy atom. The van der Waals surface area contributed by atoms with Crippen molar-refractivity contribution in [1.82, 2.24) is 4.90 Å². The van der Waals surface area contributed by atoms with Gasteiger partial charge in [-0.2, -0.15) is 0 Å². The lowest BCUT2D eigenvalue weighted by Crippen LogP contribution is -2.48. The molecule has 7 rings (SSSR count). The number of hydrogen-bond donors (Lipinski definition) is 2. The van der Waals surface area contributed by atoms with E-state index in [1.165, 1.54) is 9.80 Å². The van der Waals surface area contributed by atoms with Gasteiger partial charge in [-0.3, -0.25) is 28.9 Å². The van der Waals surface area contributed by atoms with Crippen molar-refractivity contribution in [1.29, 1.82) is 0 Å². The van der Waals surface area contributed by atoms with Gasteiger partial charge in [0.25, 0.3) is 0 Å². The fourth-order valence-electron chi connectivity index (χ4n) is 8.36. The first kappa shape index (κ1) is 28.0. The SMILES string of the molecule is C[C@@]12C(=O)N(c3ccccc3)C(=O)[C@@H]1C[C@@H]1C(=CC[C@@H]3C(=O)N(CCCC(=O)O)C(=O)[C@@H]31)[C@@H]2c1ccc2ccccc2c1O. The Bertz CT molecular complexity index is 1780. The summed E-state index contributed by atoms with van der Waals surface area (Å²) in [5.41, 5.74) is 0.512. The minimum absolute atomic E-state index is 0.0221. The first-order valence-electron chi connectivity index (χ1n) is 15.1. The number of para-hydroxylation sites is 1. The number of fused-ring (bicyclic) bond motifs is 5. The zero-order valence-electron chi connectivity index (χ0n) is 24.2. The highest BCUT2D eigenvalue weighted by molar-refractivity contribution is 6.24. The van der Waals surface area contributed by atoms with Gasteiger partial charge >= 0.3 is 5.97 Å². The number of phenolic OH excluding ortho intramolecular Hbond substituents is 1. The molecule has 2 aliphatic carbocycles. The molecule has 0 aromatic heterocycles. The van der Waals surface area contributed by atoms with Crippen molar-refractivity contribution in [3.63, 3.8) is 0 Å². The predicted molar refractivity (Wildman–Crippen MR) is 160 cm³/mol. The molecule has 0 radical (unpaired) electrons. The largest absolute Gasteiger partial charge is 0.507 e. The maximum absolute atomic E-state index is 14.5. The molecule has 9 heteroatoms. The van der Waals surface area contributed by atoms with Gasteiger partial charge in [-0.1, -0.05) is 66.2 Å². The lowest BCUT2D eigenvalue weighted by Gasteiger charge is -2.49. The molecule has 2 aliphatic heterocycles. The number of carboxylic acids is 1. The third-order valence-electron chi connectivity index (χ3n) is 10.4. The number of aliphatic carboxylic acids is 1. The van der Waals surface area contributed by atoms with E-state index in [0.29, 0.717) is 16.6 Å². The van der Waals surface area contributed by atoms with Crippen LogP contribution in [0, 0.1) is 29.1 Å². The second-order valence-corrected chi connectivity index (χ2v) is 12.5. The highest BCUT2D eigenvalue weighted by Crippen LogP contribution is 2.64. The van der Waals surface area contributed by atoms with Crippen molar-refractivity contribution in [2.45, 2.75) is 38.5 Å². The number of carbonyl (C=O) groups is 5. The summed E-state index contributed by atoms with van der Waals surface area (Å²) >= 11 is 0. The normalized spacial score (nSPS) is 29.5. The maximum Gasteiger partial charge on any atom is 0.303 e. The summed E-state index contributed by atoms with van der Waals surface area (Å²) in [6.45, 7) is 1.82. The first-order chi connectivity index (χ1) is 21.1. The fraction of sp³-hybridized carbons (Fsp3) is 0.343. The van der Waals surface area contributed by atoms with E-state index >= 15 is 0 Å². The molecule has 2 heterocycles. The van der Waals surface area contributed by atoms with Crippen molar-refractivity contribution < 1.29 is 34.2 Å². The first-order valence-corrected chi connectivity index (χ1v) is 15.1. The number of likely N-dealkylation sites (tertiary alicyclic amines) is 1. The molecule has 3 fully saturated rings. The van der Waals surface area contributed by atoms with Gasteiger partial charge in [0.2, 0.25) is 23.6 Å². The number of hydrogen-bond acceptors (Lipinski definition) is 6.